The van der Waals surface area contributed by atoms with Crippen molar-refractivity contribution >= 4 is 5.91 Å². The average molecular weight is 212 g/mol. The number of carbonyl (C=O) groups excluding carboxylic acids is 1. The number of rotatable bonds is 3. The Bertz CT molecular complexity index is 218. The number of amides is 1. The van der Waals surface area contributed by atoms with Crippen molar-refractivity contribution in [3.63, 3.8) is 0 Å². The van der Waals surface area contributed by atoms with Gasteiger partial charge in [-0.3, -0.25) is 4.79 Å². The molecular formula is C12H24N2O. The molecule has 0 radical (unpaired) electrons. The fraction of sp³-hybridized carbons (Fsp3) is 0.917. The van der Waals surface area contributed by atoms with E-state index in [-0.39, 0.29) is 12.0 Å². The maximum atomic E-state index is 12.1. The lowest BCUT2D eigenvalue weighted by molar-refractivity contribution is -0.137. The SMILES string of the molecule is CCC(C)N(C)C(=O)C1CCCC(N)C1. The van der Waals surface area contributed by atoms with Gasteiger partial charge < -0.3 is 10.6 Å². The summed E-state index contributed by atoms with van der Waals surface area (Å²) < 4.78 is 0. The summed E-state index contributed by atoms with van der Waals surface area (Å²) in [4.78, 5) is 14.0. The molecule has 1 aliphatic carbocycles. The summed E-state index contributed by atoms with van der Waals surface area (Å²) in [6, 6.07) is 0.577. The topological polar surface area (TPSA) is 46.3 Å². The van der Waals surface area contributed by atoms with E-state index < -0.39 is 0 Å². The molecule has 1 saturated carbocycles. The van der Waals surface area contributed by atoms with Gasteiger partial charge in [0.15, 0.2) is 0 Å². The fourth-order valence-electron chi connectivity index (χ4n) is 2.23. The minimum atomic E-state index is 0.174. The molecule has 3 nitrogen and oxygen atoms in total. The summed E-state index contributed by atoms with van der Waals surface area (Å²) in [5.74, 6) is 0.465. The van der Waals surface area contributed by atoms with Gasteiger partial charge in [-0.1, -0.05) is 13.3 Å². The Morgan fingerprint density at radius 1 is 1.53 bits per heavy atom. The second-order valence-electron chi connectivity index (χ2n) is 4.83. The monoisotopic (exact) mass is 212 g/mol. The number of nitrogens with two attached hydrogens (primary N) is 1. The highest BCUT2D eigenvalue weighted by Crippen LogP contribution is 2.25. The van der Waals surface area contributed by atoms with Crippen LogP contribution in [0, 0.1) is 5.92 Å². The van der Waals surface area contributed by atoms with Crippen molar-refractivity contribution in [2.75, 3.05) is 7.05 Å². The zero-order chi connectivity index (χ0) is 11.4. The van der Waals surface area contributed by atoms with E-state index in [1.807, 2.05) is 11.9 Å². The van der Waals surface area contributed by atoms with Gasteiger partial charge in [-0.2, -0.15) is 0 Å². The van der Waals surface area contributed by atoms with Crippen LogP contribution in [0.4, 0.5) is 0 Å². The summed E-state index contributed by atoms with van der Waals surface area (Å²) in [7, 11) is 1.91. The first kappa shape index (κ1) is 12.5. The zero-order valence-corrected chi connectivity index (χ0v) is 10.2. The van der Waals surface area contributed by atoms with Crippen LogP contribution in [0.3, 0.4) is 0 Å². The summed E-state index contributed by atoms with van der Waals surface area (Å²) in [5.41, 5.74) is 5.90. The van der Waals surface area contributed by atoms with E-state index >= 15 is 0 Å². The first-order valence-electron chi connectivity index (χ1n) is 6.08. The van der Waals surface area contributed by atoms with Crippen LogP contribution in [0.15, 0.2) is 0 Å². The summed E-state index contributed by atoms with van der Waals surface area (Å²) in [6.07, 6.45) is 5.09. The molecule has 0 bridgehead atoms. The van der Waals surface area contributed by atoms with Crippen molar-refractivity contribution in [1.29, 1.82) is 0 Å². The molecule has 0 spiro atoms. The van der Waals surface area contributed by atoms with E-state index in [9.17, 15) is 4.79 Å². The van der Waals surface area contributed by atoms with E-state index in [0.29, 0.717) is 11.9 Å². The minimum Gasteiger partial charge on any atom is -0.343 e. The van der Waals surface area contributed by atoms with Crippen molar-refractivity contribution in [3.8, 4) is 0 Å². The van der Waals surface area contributed by atoms with Gasteiger partial charge in [0.05, 0.1) is 0 Å². The molecule has 88 valence electrons. The molecule has 1 rings (SSSR count). The fourth-order valence-corrected chi connectivity index (χ4v) is 2.23. The van der Waals surface area contributed by atoms with Crippen LogP contribution < -0.4 is 5.73 Å². The van der Waals surface area contributed by atoms with Crippen LogP contribution in [-0.4, -0.2) is 29.9 Å². The molecule has 1 fully saturated rings. The predicted octanol–water partition coefficient (Wildman–Crippen LogP) is 1.76. The van der Waals surface area contributed by atoms with Crippen molar-refractivity contribution in [2.45, 2.75) is 58.0 Å². The van der Waals surface area contributed by atoms with E-state index in [1.54, 1.807) is 0 Å². The van der Waals surface area contributed by atoms with Crippen LogP contribution in [0.5, 0.6) is 0 Å². The Hall–Kier alpha value is -0.570. The van der Waals surface area contributed by atoms with Gasteiger partial charge >= 0.3 is 0 Å². The van der Waals surface area contributed by atoms with Crippen molar-refractivity contribution in [1.82, 2.24) is 4.90 Å². The second kappa shape index (κ2) is 5.50. The quantitative estimate of drug-likeness (QED) is 0.775. The molecule has 2 N–H and O–H groups in total. The highest BCUT2D eigenvalue weighted by Gasteiger charge is 2.28. The van der Waals surface area contributed by atoms with E-state index in [2.05, 4.69) is 13.8 Å². The molecule has 0 saturated heterocycles. The van der Waals surface area contributed by atoms with Gasteiger partial charge in [-0.05, 0) is 32.6 Å². The van der Waals surface area contributed by atoms with Crippen molar-refractivity contribution < 1.29 is 4.79 Å². The van der Waals surface area contributed by atoms with Crippen LogP contribution >= 0.6 is 0 Å². The standard InChI is InChI=1S/C12H24N2O/c1-4-9(2)14(3)12(15)10-6-5-7-11(13)8-10/h9-11H,4-8,13H2,1-3H3. The first-order chi connectivity index (χ1) is 7.06. The van der Waals surface area contributed by atoms with Crippen LogP contribution in [-0.2, 0) is 4.79 Å². The molecule has 3 atom stereocenters. The Kier molecular flexibility index (Phi) is 4.58. The van der Waals surface area contributed by atoms with Crippen LogP contribution in [0.25, 0.3) is 0 Å². The molecule has 3 heteroatoms. The highest BCUT2D eigenvalue weighted by atomic mass is 16.2. The zero-order valence-electron chi connectivity index (χ0n) is 10.2. The van der Waals surface area contributed by atoms with Gasteiger partial charge in [-0.15, -0.1) is 0 Å². The van der Waals surface area contributed by atoms with Gasteiger partial charge in [0, 0.05) is 25.0 Å². The van der Waals surface area contributed by atoms with Gasteiger partial charge in [-0.25, -0.2) is 0 Å². The predicted molar refractivity (Wildman–Crippen MR) is 62.5 cm³/mol. The molecule has 0 aromatic carbocycles. The van der Waals surface area contributed by atoms with E-state index in [4.69, 9.17) is 5.73 Å². The number of hydrogen-bond donors (Lipinski definition) is 1. The molecule has 1 amide bonds. The Morgan fingerprint density at radius 2 is 2.20 bits per heavy atom. The third-order valence-electron chi connectivity index (χ3n) is 3.66. The Balaban J connectivity index is 2.51. The van der Waals surface area contributed by atoms with Crippen LogP contribution in [0.2, 0.25) is 0 Å². The molecule has 1 aliphatic rings. The minimum absolute atomic E-state index is 0.174. The van der Waals surface area contributed by atoms with Gasteiger partial charge in [0.1, 0.15) is 0 Å². The maximum Gasteiger partial charge on any atom is 0.225 e. The van der Waals surface area contributed by atoms with E-state index in [1.165, 1.54) is 0 Å². The Morgan fingerprint density at radius 3 is 2.73 bits per heavy atom. The van der Waals surface area contributed by atoms with Crippen LogP contribution in [0.1, 0.15) is 46.0 Å². The maximum absolute atomic E-state index is 12.1. The number of carbonyl (C=O) groups is 1. The summed E-state index contributed by atoms with van der Waals surface area (Å²) in [6.45, 7) is 4.21. The molecule has 0 aromatic heterocycles. The molecular weight excluding hydrogens is 188 g/mol. The summed E-state index contributed by atoms with van der Waals surface area (Å²) in [5, 5.41) is 0. The molecule has 0 aromatic rings. The normalized spacial score (nSPS) is 28.5. The smallest absolute Gasteiger partial charge is 0.225 e. The Labute approximate surface area is 93.0 Å². The second-order valence-corrected chi connectivity index (χ2v) is 4.83. The third kappa shape index (κ3) is 3.20. The molecule has 0 heterocycles. The number of hydrogen-bond acceptors (Lipinski definition) is 2. The molecule has 0 aliphatic heterocycles. The largest absolute Gasteiger partial charge is 0.343 e. The van der Waals surface area contributed by atoms with Gasteiger partial charge in [0.25, 0.3) is 0 Å². The molecule has 15 heavy (non-hydrogen) atoms. The average Bonchev–Trinajstić information content (AvgIpc) is 2.26. The number of nitrogens with zero attached hydrogens (tertiary/aromatic N) is 1. The lowest BCUT2D eigenvalue weighted by Crippen LogP contribution is -2.42. The van der Waals surface area contributed by atoms with Crippen molar-refractivity contribution in [3.05, 3.63) is 0 Å². The lowest BCUT2D eigenvalue weighted by Gasteiger charge is -2.32. The van der Waals surface area contributed by atoms with E-state index in [0.717, 1.165) is 32.1 Å². The lowest BCUT2D eigenvalue weighted by atomic mass is 9.85. The first-order valence-corrected chi connectivity index (χ1v) is 6.08. The summed E-state index contributed by atoms with van der Waals surface area (Å²) >= 11 is 0. The van der Waals surface area contributed by atoms with Crippen molar-refractivity contribution in [2.24, 2.45) is 11.7 Å². The van der Waals surface area contributed by atoms with Gasteiger partial charge in [0.2, 0.25) is 5.91 Å². The molecule has 3 unspecified atom stereocenters. The highest BCUT2D eigenvalue weighted by molar-refractivity contribution is 5.79. The third-order valence-corrected chi connectivity index (χ3v) is 3.66.